The molecule has 8 heteroatoms. The van der Waals surface area contributed by atoms with Gasteiger partial charge in [0.05, 0.1) is 11.1 Å². The minimum Gasteiger partial charge on any atom is -0.368 e. The Labute approximate surface area is 131 Å². The van der Waals surface area contributed by atoms with Gasteiger partial charge in [-0.1, -0.05) is 13.3 Å². The van der Waals surface area contributed by atoms with E-state index in [1.165, 1.54) is 12.1 Å². The first kappa shape index (κ1) is 18.3. The smallest absolute Gasteiger partial charge is 0.368 e. The Kier molecular flexibility index (Phi) is 5.97. The molecule has 1 atom stereocenters. The van der Waals surface area contributed by atoms with Gasteiger partial charge in [0, 0.05) is 5.69 Å². The average Bonchev–Trinajstić information content (AvgIpc) is 2.48. The number of anilines is 1. The van der Waals surface area contributed by atoms with E-state index >= 15 is 0 Å². The number of nitriles is 2. The molecule has 5 nitrogen and oxygen atoms in total. The van der Waals surface area contributed by atoms with E-state index in [-0.39, 0.29) is 23.2 Å². The van der Waals surface area contributed by atoms with Crippen LogP contribution in [0.25, 0.3) is 0 Å². The summed E-state index contributed by atoms with van der Waals surface area (Å²) in [7, 11) is 0. The number of benzene rings is 1. The number of alkyl halides is 3. The van der Waals surface area contributed by atoms with Crippen molar-refractivity contribution in [2.45, 2.75) is 32.0 Å². The quantitative estimate of drug-likeness (QED) is 0.869. The van der Waals surface area contributed by atoms with Crippen LogP contribution in [0.1, 0.15) is 30.9 Å². The van der Waals surface area contributed by atoms with Crippen molar-refractivity contribution in [3.63, 3.8) is 0 Å². The van der Waals surface area contributed by atoms with Gasteiger partial charge in [0.1, 0.15) is 24.7 Å². The van der Waals surface area contributed by atoms with Crippen LogP contribution in [0.2, 0.25) is 0 Å². The second-order valence-corrected chi connectivity index (χ2v) is 4.90. The predicted molar refractivity (Wildman–Crippen MR) is 77.2 cm³/mol. The molecule has 0 heterocycles. The lowest BCUT2D eigenvalue weighted by Gasteiger charge is -2.32. The van der Waals surface area contributed by atoms with E-state index in [1.807, 2.05) is 0 Å². The fourth-order valence-corrected chi connectivity index (χ4v) is 2.20. The summed E-state index contributed by atoms with van der Waals surface area (Å²) in [6, 6.07) is 6.08. The van der Waals surface area contributed by atoms with Gasteiger partial charge in [-0.15, -0.1) is 0 Å². The average molecular weight is 324 g/mol. The minimum absolute atomic E-state index is 0.0233. The highest BCUT2D eigenvalue weighted by Crippen LogP contribution is 2.27. The number of primary amides is 1. The second kappa shape index (κ2) is 7.50. The van der Waals surface area contributed by atoms with Gasteiger partial charge < -0.3 is 10.6 Å². The Morgan fingerprint density at radius 3 is 2.35 bits per heavy atom. The summed E-state index contributed by atoms with van der Waals surface area (Å²) in [5.74, 6) is -0.876. The first-order valence-electron chi connectivity index (χ1n) is 6.80. The molecule has 122 valence electrons. The molecule has 0 aliphatic rings. The molecule has 0 aliphatic heterocycles. The van der Waals surface area contributed by atoms with Gasteiger partial charge in [-0.05, 0) is 24.6 Å². The van der Waals surface area contributed by atoms with Gasteiger partial charge in [0.2, 0.25) is 5.91 Å². The number of nitrogens with zero attached hydrogens (tertiary/aromatic N) is 3. The molecule has 0 fully saturated rings. The molecule has 0 saturated heterocycles. The first-order chi connectivity index (χ1) is 10.7. The Balaban J connectivity index is 3.37. The zero-order chi connectivity index (χ0) is 17.6. The van der Waals surface area contributed by atoms with Crippen LogP contribution in [0.4, 0.5) is 18.9 Å². The van der Waals surface area contributed by atoms with Gasteiger partial charge >= 0.3 is 6.18 Å². The van der Waals surface area contributed by atoms with Crippen molar-refractivity contribution in [3.8, 4) is 12.1 Å². The number of nitrogens with two attached hydrogens (primary N) is 1. The van der Waals surface area contributed by atoms with Crippen LogP contribution < -0.4 is 10.6 Å². The summed E-state index contributed by atoms with van der Waals surface area (Å²) in [5.41, 5.74) is 5.26. The van der Waals surface area contributed by atoms with Crippen LogP contribution in [0.15, 0.2) is 18.2 Å². The monoisotopic (exact) mass is 324 g/mol. The molecule has 0 aliphatic carbocycles. The summed E-state index contributed by atoms with van der Waals surface area (Å²) in [6.07, 6.45) is -3.95. The molecule has 1 aromatic carbocycles. The van der Waals surface area contributed by atoms with E-state index in [0.29, 0.717) is 6.42 Å². The third-order valence-corrected chi connectivity index (χ3v) is 3.19. The first-order valence-corrected chi connectivity index (χ1v) is 6.80. The summed E-state index contributed by atoms with van der Waals surface area (Å²) in [6.45, 7) is 0.346. The van der Waals surface area contributed by atoms with Gasteiger partial charge in [0.25, 0.3) is 0 Å². The maximum atomic E-state index is 12.9. The van der Waals surface area contributed by atoms with Gasteiger partial charge in [-0.25, -0.2) is 0 Å². The summed E-state index contributed by atoms with van der Waals surface area (Å²) < 4.78 is 38.6. The molecular formula is C15H15F3N4O. The Morgan fingerprint density at radius 2 is 1.91 bits per heavy atom. The predicted octanol–water partition coefficient (Wildman–Crippen LogP) is 2.45. The van der Waals surface area contributed by atoms with Crippen LogP contribution in [-0.4, -0.2) is 24.7 Å². The fraction of sp³-hybridized carbons (Fsp3) is 0.400. The molecule has 1 aromatic rings. The molecular weight excluding hydrogens is 309 g/mol. The molecule has 0 aromatic heterocycles. The van der Waals surface area contributed by atoms with Crippen LogP contribution >= 0.6 is 0 Å². The van der Waals surface area contributed by atoms with Crippen molar-refractivity contribution in [2.24, 2.45) is 5.73 Å². The molecule has 2 N–H and O–H groups in total. The summed E-state index contributed by atoms with van der Waals surface area (Å²) >= 11 is 0. The molecule has 1 rings (SSSR count). The molecule has 0 bridgehead atoms. The standard InChI is InChI=1S/C15H15F3N4O/c1-2-3-13(14(21)23)22(9-15(16,17)18)12-5-4-10(7-19)11(6-12)8-20/h4-6,13H,2-3,9H2,1H3,(H2,21,23). The number of halogens is 3. The molecule has 0 radical (unpaired) electrons. The van der Waals surface area contributed by atoms with E-state index in [9.17, 15) is 18.0 Å². The lowest BCUT2D eigenvalue weighted by atomic mass is 10.0. The molecule has 1 amide bonds. The number of carbonyl (C=O) groups is 1. The lowest BCUT2D eigenvalue weighted by molar-refractivity contribution is -0.125. The fourth-order valence-electron chi connectivity index (χ4n) is 2.20. The van der Waals surface area contributed by atoms with E-state index in [4.69, 9.17) is 16.3 Å². The largest absolute Gasteiger partial charge is 0.405 e. The highest BCUT2D eigenvalue weighted by atomic mass is 19.4. The zero-order valence-electron chi connectivity index (χ0n) is 12.4. The van der Waals surface area contributed by atoms with E-state index in [0.717, 1.165) is 11.0 Å². The van der Waals surface area contributed by atoms with Crippen molar-refractivity contribution in [1.82, 2.24) is 0 Å². The maximum absolute atomic E-state index is 12.9. The Bertz CT molecular complexity index is 658. The maximum Gasteiger partial charge on any atom is 0.405 e. The molecule has 23 heavy (non-hydrogen) atoms. The van der Waals surface area contributed by atoms with Crippen molar-refractivity contribution in [1.29, 1.82) is 10.5 Å². The third-order valence-electron chi connectivity index (χ3n) is 3.19. The second-order valence-electron chi connectivity index (χ2n) is 4.90. The number of carbonyl (C=O) groups excluding carboxylic acids is 1. The molecule has 0 spiro atoms. The van der Waals surface area contributed by atoms with Crippen molar-refractivity contribution >= 4 is 11.6 Å². The third kappa shape index (κ3) is 4.89. The summed E-state index contributed by atoms with van der Waals surface area (Å²) in [5, 5.41) is 17.9. The lowest BCUT2D eigenvalue weighted by Crippen LogP contribution is -2.48. The van der Waals surface area contributed by atoms with Crippen LogP contribution in [0.5, 0.6) is 0 Å². The van der Waals surface area contributed by atoms with E-state index in [1.54, 1.807) is 19.1 Å². The van der Waals surface area contributed by atoms with E-state index < -0.39 is 24.7 Å². The van der Waals surface area contributed by atoms with Crippen LogP contribution in [0.3, 0.4) is 0 Å². The number of hydrogen-bond donors (Lipinski definition) is 1. The van der Waals surface area contributed by atoms with Crippen LogP contribution in [-0.2, 0) is 4.79 Å². The number of amides is 1. The highest BCUT2D eigenvalue weighted by molar-refractivity contribution is 5.84. The normalized spacial score (nSPS) is 12.1. The molecule has 0 saturated carbocycles. The Hall–Kier alpha value is -2.74. The van der Waals surface area contributed by atoms with Crippen molar-refractivity contribution in [3.05, 3.63) is 29.3 Å². The van der Waals surface area contributed by atoms with Gasteiger partial charge in [0.15, 0.2) is 0 Å². The Morgan fingerprint density at radius 1 is 1.30 bits per heavy atom. The van der Waals surface area contributed by atoms with E-state index in [2.05, 4.69) is 0 Å². The van der Waals surface area contributed by atoms with Crippen molar-refractivity contribution in [2.75, 3.05) is 11.4 Å². The highest BCUT2D eigenvalue weighted by Gasteiger charge is 2.36. The number of rotatable bonds is 6. The van der Waals surface area contributed by atoms with Crippen molar-refractivity contribution < 1.29 is 18.0 Å². The number of hydrogen-bond acceptors (Lipinski definition) is 4. The summed E-state index contributed by atoms with van der Waals surface area (Å²) in [4.78, 5) is 12.4. The van der Waals surface area contributed by atoms with Crippen LogP contribution in [0, 0.1) is 22.7 Å². The van der Waals surface area contributed by atoms with Gasteiger partial charge in [-0.2, -0.15) is 23.7 Å². The SMILES string of the molecule is CCCC(C(N)=O)N(CC(F)(F)F)c1ccc(C#N)c(C#N)c1. The minimum atomic E-state index is -4.55. The van der Waals surface area contributed by atoms with Gasteiger partial charge in [-0.3, -0.25) is 4.79 Å². The topological polar surface area (TPSA) is 93.9 Å². The molecule has 1 unspecified atom stereocenters. The zero-order valence-corrected chi connectivity index (χ0v) is 12.4.